The largest absolute Gasteiger partial charge is 0.441 e. The Morgan fingerprint density at radius 2 is 1.28 bits per heavy atom. The first kappa shape index (κ1) is 15.4. The normalized spacial score (nSPS) is 13.6. The molecule has 4 rings (SSSR count). The third kappa shape index (κ3) is 2.22. The van der Waals surface area contributed by atoms with Crippen LogP contribution >= 0.6 is 0 Å². The van der Waals surface area contributed by atoms with Crippen LogP contribution in [0.3, 0.4) is 0 Å². The van der Waals surface area contributed by atoms with Crippen molar-refractivity contribution in [3.05, 3.63) is 108 Å². The highest BCUT2D eigenvalue weighted by molar-refractivity contribution is 5.90. The van der Waals surface area contributed by atoms with E-state index < -0.39 is 11.6 Å². The highest BCUT2D eigenvalue weighted by Gasteiger charge is 2.47. The number of hydrogen-bond acceptors (Lipinski definition) is 2. The second-order valence-electron chi connectivity index (χ2n) is 6.31. The second-order valence-corrected chi connectivity index (χ2v) is 6.31. The molecule has 2 heteroatoms. The Hall–Kier alpha value is -3.13. The van der Waals surface area contributed by atoms with Crippen LogP contribution in [0, 0.1) is 0 Å². The summed E-state index contributed by atoms with van der Waals surface area (Å²) in [5.74, 6) is -0.393. The van der Waals surface area contributed by atoms with Crippen LogP contribution in [-0.4, -0.2) is 5.97 Å². The van der Waals surface area contributed by atoms with Crippen molar-refractivity contribution in [1.82, 2.24) is 0 Å². The number of esters is 1. The number of carbonyl (C=O) groups excluding carboxylic acids is 1. The van der Waals surface area contributed by atoms with Crippen molar-refractivity contribution in [2.75, 3.05) is 0 Å². The molecule has 3 aromatic carbocycles. The predicted molar refractivity (Wildman–Crippen MR) is 99.1 cm³/mol. The van der Waals surface area contributed by atoms with Gasteiger partial charge in [-0.2, -0.15) is 0 Å². The van der Waals surface area contributed by atoms with Crippen molar-refractivity contribution >= 4 is 5.97 Å². The minimum absolute atomic E-state index is 0.386. The van der Waals surface area contributed by atoms with Gasteiger partial charge in [0.25, 0.3) is 0 Å². The maximum Gasteiger partial charge on any atom is 0.334 e. The molecule has 1 aliphatic rings. The molecule has 0 unspecified atom stereocenters. The average Bonchev–Trinajstić information content (AvgIpc) is 2.94. The van der Waals surface area contributed by atoms with Gasteiger partial charge >= 0.3 is 5.97 Å². The number of hydrogen-bond donors (Lipinski definition) is 0. The Morgan fingerprint density at radius 3 is 1.80 bits per heavy atom. The standard InChI is InChI=1S/C23H18O2/c1-16(2)22(24)25-23(17-10-4-3-5-11-17)20-14-8-6-12-18(20)19-13-7-9-15-21(19)23/h3-15H,1H2,2H3. The van der Waals surface area contributed by atoms with E-state index in [1.165, 1.54) is 0 Å². The van der Waals surface area contributed by atoms with E-state index in [0.717, 1.165) is 27.8 Å². The van der Waals surface area contributed by atoms with Crippen LogP contribution in [0.2, 0.25) is 0 Å². The maximum absolute atomic E-state index is 12.6. The van der Waals surface area contributed by atoms with Crippen LogP contribution in [0.1, 0.15) is 23.6 Å². The fourth-order valence-electron chi connectivity index (χ4n) is 3.57. The maximum atomic E-state index is 12.6. The molecular formula is C23H18O2. The predicted octanol–water partition coefficient (Wildman–Crippen LogP) is 5.08. The van der Waals surface area contributed by atoms with Gasteiger partial charge in [0, 0.05) is 22.3 Å². The van der Waals surface area contributed by atoms with Crippen molar-refractivity contribution in [1.29, 1.82) is 0 Å². The summed E-state index contributed by atoms with van der Waals surface area (Å²) in [6, 6.07) is 26.1. The smallest absolute Gasteiger partial charge is 0.334 e. The van der Waals surface area contributed by atoms with Gasteiger partial charge in [-0.25, -0.2) is 4.79 Å². The lowest BCUT2D eigenvalue weighted by molar-refractivity contribution is -0.148. The van der Waals surface area contributed by atoms with E-state index in [4.69, 9.17) is 4.74 Å². The molecule has 0 amide bonds. The zero-order chi connectivity index (χ0) is 17.4. The highest BCUT2D eigenvalue weighted by Crippen LogP contribution is 2.53. The van der Waals surface area contributed by atoms with Gasteiger partial charge in [0.2, 0.25) is 0 Å². The Kier molecular flexibility index (Phi) is 3.54. The molecule has 0 heterocycles. The van der Waals surface area contributed by atoms with Crippen LogP contribution in [0.4, 0.5) is 0 Å². The lowest BCUT2D eigenvalue weighted by Crippen LogP contribution is -2.33. The molecule has 0 spiro atoms. The molecule has 0 aromatic heterocycles. The number of benzene rings is 3. The lowest BCUT2D eigenvalue weighted by atomic mass is 9.84. The Bertz CT molecular complexity index is 925. The van der Waals surface area contributed by atoms with E-state index in [-0.39, 0.29) is 0 Å². The molecule has 122 valence electrons. The molecule has 0 aliphatic heterocycles. The van der Waals surface area contributed by atoms with Gasteiger partial charge in [0.15, 0.2) is 5.60 Å². The molecule has 0 N–H and O–H groups in total. The zero-order valence-corrected chi connectivity index (χ0v) is 14.0. The van der Waals surface area contributed by atoms with Gasteiger partial charge in [-0.3, -0.25) is 0 Å². The summed E-state index contributed by atoms with van der Waals surface area (Å²) in [5.41, 5.74) is 4.52. The molecule has 1 aliphatic carbocycles. The van der Waals surface area contributed by atoms with Gasteiger partial charge < -0.3 is 4.74 Å². The molecule has 0 saturated carbocycles. The zero-order valence-electron chi connectivity index (χ0n) is 14.0. The van der Waals surface area contributed by atoms with Crippen LogP contribution in [0.15, 0.2) is 91.0 Å². The van der Waals surface area contributed by atoms with Crippen LogP contribution < -0.4 is 0 Å². The van der Waals surface area contributed by atoms with Crippen molar-refractivity contribution in [2.45, 2.75) is 12.5 Å². The molecule has 25 heavy (non-hydrogen) atoms. The van der Waals surface area contributed by atoms with Crippen LogP contribution in [0.25, 0.3) is 11.1 Å². The third-order valence-electron chi connectivity index (χ3n) is 4.68. The van der Waals surface area contributed by atoms with E-state index in [2.05, 4.69) is 18.7 Å². The fourth-order valence-corrected chi connectivity index (χ4v) is 3.57. The first-order valence-electron chi connectivity index (χ1n) is 8.28. The van der Waals surface area contributed by atoms with E-state index in [0.29, 0.717) is 5.57 Å². The Morgan fingerprint density at radius 1 is 0.800 bits per heavy atom. The molecule has 0 fully saturated rings. The molecule has 3 aromatic rings. The van der Waals surface area contributed by atoms with Crippen molar-refractivity contribution in [2.24, 2.45) is 0 Å². The van der Waals surface area contributed by atoms with Gasteiger partial charge in [-0.1, -0.05) is 85.4 Å². The number of carbonyl (C=O) groups is 1. The number of rotatable bonds is 3. The quantitative estimate of drug-likeness (QED) is 0.496. The Balaban J connectivity index is 2.07. The SMILES string of the molecule is C=C(C)C(=O)OC1(c2ccccc2)c2ccccc2-c2ccccc21. The van der Waals surface area contributed by atoms with Gasteiger partial charge in [-0.05, 0) is 18.1 Å². The second kappa shape index (κ2) is 5.75. The molecule has 2 nitrogen and oxygen atoms in total. The molecule has 0 atom stereocenters. The topological polar surface area (TPSA) is 26.3 Å². The summed E-state index contributed by atoms with van der Waals surface area (Å²) in [7, 11) is 0. The van der Waals surface area contributed by atoms with Crippen molar-refractivity contribution in [3.63, 3.8) is 0 Å². The lowest BCUT2D eigenvalue weighted by Gasteiger charge is -2.32. The first-order chi connectivity index (χ1) is 12.1. The summed E-state index contributed by atoms with van der Waals surface area (Å²) in [4.78, 5) is 12.6. The van der Waals surface area contributed by atoms with E-state index in [9.17, 15) is 4.79 Å². The van der Waals surface area contributed by atoms with E-state index in [1.807, 2.05) is 66.7 Å². The van der Waals surface area contributed by atoms with Crippen molar-refractivity contribution < 1.29 is 9.53 Å². The highest BCUT2D eigenvalue weighted by atomic mass is 16.6. The van der Waals surface area contributed by atoms with Gasteiger partial charge in [0.05, 0.1) is 0 Å². The minimum atomic E-state index is -0.954. The molecule has 0 saturated heterocycles. The number of ether oxygens (including phenoxy) is 1. The van der Waals surface area contributed by atoms with Gasteiger partial charge in [-0.15, -0.1) is 0 Å². The van der Waals surface area contributed by atoms with E-state index >= 15 is 0 Å². The monoisotopic (exact) mass is 326 g/mol. The summed E-state index contributed by atoms with van der Waals surface area (Å²) in [5, 5.41) is 0. The average molecular weight is 326 g/mol. The number of fused-ring (bicyclic) bond motifs is 3. The van der Waals surface area contributed by atoms with E-state index in [1.54, 1.807) is 6.92 Å². The molecule has 0 bridgehead atoms. The Labute approximate surface area is 147 Å². The van der Waals surface area contributed by atoms with Crippen LogP contribution in [0.5, 0.6) is 0 Å². The third-order valence-corrected chi connectivity index (χ3v) is 4.68. The summed E-state index contributed by atoms with van der Waals surface area (Å²) in [6.45, 7) is 5.43. The summed E-state index contributed by atoms with van der Waals surface area (Å²) in [6.07, 6.45) is 0. The van der Waals surface area contributed by atoms with Crippen LogP contribution in [-0.2, 0) is 15.1 Å². The minimum Gasteiger partial charge on any atom is -0.441 e. The molecule has 0 radical (unpaired) electrons. The first-order valence-corrected chi connectivity index (χ1v) is 8.28. The molecular weight excluding hydrogens is 308 g/mol. The van der Waals surface area contributed by atoms with Gasteiger partial charge in [0.1, 0.15) is 0 Å². The summed E-state index contributed by atoms with van der Waals surface area (Å²) >= 11 is 0. The van der Waals surface area contributed by atoms with Crippen molar-refractivity contribution in [3.8, 4) is 11.1 Å². The fraction of sp³-hybridized carbons (Fsp3) is 0.0870. The summed E-state index contributed by atoms with van der Waals surface area (Å²) < 4.78 is 6.16.